The first-order valence-corrected chi connectivity index (χ1v) is 20.1. The summed E-state index contributed by atoms with van der Waals surface area (Å²) in [5, 5.41) is 3.04. The zero-order valence-electron chi connectivity index (χ0n) is 29.5. The molecule has 1 fully saturated rings. The quantitative estimate of drug-likeness (QED) is 0.222. The van der Waals surface area contributed by atoms with Crippen molar-refractivity contribution >= 4 is 25.9 Å². The molecule has 8 heteroatoms. The van der Waals surface area contributed by atoms with E-state index in [0.717, 1.165) is 46.6 Å². The summed E-state index contributed by atoms with van der Waals surface area (Å²) in [7, 11) is -1.64. The van der Waals surface area contributed by atoms with Crippen molar-refractivity contribution in [2.75, 3.05) is 38.1 Å². The van der Waals surface area contributed by atoms with Crippen molar-refractivity contribution in [3.8, 4) is 22.6 Å². The van der Waals surface area contributed by atoms with Crippen LogP contribution in [0, 0.1) is 32.2 Å². The Balaban J connectivity index is 1.28. The molecule has 2 amide bonds. The minimum Gasteiger partial charge on any atom is -0.448 e. The summed E-state index contributed by atoms with van der Waals surface area (Å²) in [5.74, 6) is 3.53. The maximum absolute atomic E-state index is 13.3. The Labute approximate surface area is 281 Å². The Bertz CT molecular complexity index is 1690. The Morgan fingerprint density at radius 1 is 0.872 bits per heavy atom. The molecule has 5 rings (SSSR count). The summed E-state index contributed by atoms with van der Waals surface area (Å²) in [6.07, 6.45) is -0.735. The van der Waals surface area contributed by atoms with Gasteiger partial charge in [0.25, 0.3) is 0 Å². The summed E-state index contributed by atoms with van der Waals surface area (Å²) in [4.78, 5) is 30.3. The highest BCUT2D eigenvalue weighted by Crippen LogP contribution is 2.44. The van der Waals surface area contributed by atoms with Crippen LogP contribution in [0.3, 0.4) is 0 Å². The van der Waals surface area contributed by atoms with Crippen LogP contribution in [0.1, 0.15) is 65.6 Å². The minimum absolute atomic E-state index is 0.0434. The van der Waals surface area contributed by atoms with Gasteiger partial charge in [0.2, 0.25) is 0 Å². The lowest BCUT2D eigenvalue weighted by Crippen LogP contribution is -2.48. The Hall–Kier alpha value is -4.06. The smallest absolute Gasteiger partial charge is 0.412 e. The molecule has 1 N–H and O–H groups in total. The molecule has 47 heavy (non-hydrogen) atoms. The van der Waals surface area contributed by atoms with E-state index < -0.39 is 19.8 Å². The van der Waals surface area contributed by atoms with Crippen molar-refractivity contribution in [1.29, 1.82) is 0 Å². The highest BCUT2D eigenvalue weighted by molar-refractivity contribution is 6.83. The van der Waals surface area contributed by atoms with Gasteiger partial charge in [-0.25, -0.2) is 9.59 Å². The van der Waals surface area contributed by atoms with E-state index in [1.54, 1.807) is 0 Å². The van der Waals surface area contributed by atoms with Gasteiger partial charge in [0.1, 0.15) is 20.3 Å². The summed E-state index contributed by atoms with van der Waals surface area (Å²) >= 11 is 0. The van der Waals surface area contributed by atoms with Crippen LogP contribution in [0.2, 0.25) is 19.6 Å². The summed E-state index contributed by atoms with van der Waals surface area (Å²) in [6.45, 7) is 22.1. The van der Waals surface area contributed by atoms with Gasteiger partial charge in [-0.3, -0.25) is 10.2 Å². The van der Waals surface area contributed by atoms with Gasteiger partial charge < -0.3 is 14.4 Å². The first-order valence-electron chi connectivity index (χ1n) is 16.6. The Kier molecular flexibility index (Phi) is 9.90. The van der Waals surface area contributed by atoms with E-state index in [1.807, 2.05) is 32.6 Å². The molecule has 0 atom stereocenters. The molecule has 0 bridgehead atoms. The van der Waals surface area contributed by atoms with E-state index in [4.69, 9.17) is 9.47 Å². The van der Waals surface area contributed by atoms with E-state index in [9.17, 15) is 9.59 Å². The maximum Gasteiger partial charge on any atom is 0.412 e. The van der Waals surface area contributed by atoms with E-state index in [2.05, 4.69) is 104 Å². The molecule has 0 radical (unpaired) electrons. The molecule has 1 aliphatic heterocycles. The first kappa shape index (κ1) is 34.3. The minimum atomic E-state index is -1.64. The number of fused-ring (bicyclic) bond motifs is 3. The normalized spacial score (nSPS) is 15.0. The third-order valence-corrected chi connectivity index (χ3v) is 9.82. The van der Waals surface area contributed by atoms with E-state index >= 15 is 0 Å². The van der Waals surface area contributed by atoms with Crippen LogP contribution in [0.4, 0.5) is 15.3 Å². The molecular formula is C39H49N3O4Si. The number of carbonyl (C=O) groups excluding carboxylic acids is 2. The zero-order valence-corrected chi connectivity index (χ0v) is 30.5. The van der Waals surface area contributed by atoms with Crippen LogP contribution in [0.15, 0.2) is 48.5 Å². The molecular weight excluding hydrogens is 603 g/mol. The third-order valence-electron chi connectivity index (χ3n) is 8.94. The van der Waals surface area contributed by atoms with Crippen molar-refractivity contribution in [3.63, 3.8) is 0 Å². The predicted octanol–water partition coefficient (Wildman–Crippen LogP) is 8.25. The number of nitrogens with zero attached hydrogens (tertiary/aromatic N) is 2. The van der Waals surface area contributed by atoms with Gasteiger partial charge in [-0.2, -0.15) is 0 Å². The highest BCUT2D eigenvalue weighted by Gasteiger charge is 2.31. The van der Waals surface area contributed by atoms with Crippen LogP contribution in [0.5, 0.6) is 0 Å². The number of benzene rings is 3. The first-order chi connectivity index (χ1) is 22.1. The SMILES string of the molecule is Cc1c(C#C[Si](C)(C)C)c(C)c(NC(=O)OC(C)(C)C)c(C)c1CN1CCN(C(=O)OCC2c3ccccc3-c3ccccc32)CC1. The molecule has 0 spiro atoms. The lowest BCUT2D eigenvalue weighted by molar-refractivity contribution is 0.0635. The molecule has 0 saturated carbocycles. The van der Waals surface area contributed by atoms with Crippen LogP contribution < -0.4 is 5.32 Å². The highest BCUT2D eigenvalue weighted by atomic mass is 28.3. The van der Waals surface area contributed by atoms with Gasteiger partial charge in [-0.15, -0.1) is 5.54 Å². The van der Waals surface area contributed by atoms with Crippen molar-refractivity contribution in [3.05, 3.63) is 87.5 Å². The molecule has 1 heterocycles. The third kappa shape index (κ3) is 7.91. The van der Waals surface area contributed by atoms with Crippen molar-refractivity contribution < 1.29 is 19.1 Å². The molecule has 3 aromatic carbocycles. The number of nitrogens with one attached hydrogen (secondary N) is 1. The number of hydrogen-bond donors (Lipinski definition) is 1. The monoisotopic (exact) mass is 651 g/mol. The number of hydrogen-bond acceptors (Lipinski definition) is 5. The second kappa shape index (κ2) is 13.6. The average Bonchev–Trinajstić information content (AvgIpc) is 3.32. The van der Waals surface area contributed by atoms with Gasteiger partial charge in [0.05, 0.1) is 5.69 Å². The second-order valence-corrected chi connectivity index (χ2v) is 19.5. The van der Waals surface area contributed by atoms with Crippen molar-refractivity contribution in [1.82, 2.24) is 9.80 Å². The Morgan fingerprint density at radius 2 is 1.45 bits per heavy atom. The molecule has 2 aliphatic rings. The zero-order chi connectivity index (χ0) is 34.1. The van der Waals surface area contributed by atoms with Crippen LogP contribution in [-0.4, -0.2) is 68.4 Å². The maximum atomic E-state index is 13.3. The van der Waals surface area contributed by atoms with Gasteiger partial charge >= 0.3 is 12.2 Å². The van der Waals surface area contributed by atoms with Crippen LogP contribution >= 0.6 is 0 Å². The number of carbonyl (C=O) groups is 2. The van der Waals surface area contributed by atoms with Crippen LogP contribution in [0.25, 0.3) is 11.1 Å². The molecule has 0 unspecified atom stereocenters. The number of ether oxygens (including phenoxy) is 2. The number of amides is 2. The van der Waals surface area contributed by atoms with E-state index in [0.29, 0.717) is 26.2 Å². The van der Waals surface area contributed by atoms with E-state index in [1.165, 1.54) is 22.3 Å². The van der Waals surface area contributed by atoms with Gasteiger partial charge in [0, 0.05) is 44.2 Å². The van der Waals surface area contributed by atoms with Crippen molar-refractivity contribution in [2.45, 2.75) is 79.2 Å². The lowest BCUT2D eigenvalue weighted by atomic mass is 9.91. The molecule has 0 aromatic heterocycles. The molecule has 248 valence electrons. The number of rotatable bonds is 5. The average molecular weight is 652 g/mol. The summed E-state index contributed by atoms with van der Waals surface area (Å²) in [5.41, 5.74) is 13.8. The second-order valence-electron chi connectivity index (χ2n) is 14.8. The van der Waals surface area contributed by atoms with Crippen LogP contribution in [-0.2, 0) is 16.0 Å². The number of piperazine rings is 1. The summed E-state index contributed by atoms with van der Waals surface area (Å²) < 4.78 is 11.6. The fraction of sp³-hybridized carbons (Fsp3) is 0.436. The molecule has 7 nitrogen and oxygen atoms in total. The van der Waals surface area contributed by atoms with Gasteiger partial charge in [0.15, 0.2) is 0 Å². The molecule has 1 saturated heterocycles. The topological polar surface area (TPSA) is 71.1 Å². The fourth-order valence-electron chi connectivity index (χ4n) is 6.54. The van der Waals surface area contributed by atoms with Crippen molar-refractivity contribution in [2.24, 2.45) is 0 Å². The van der Waals surface area contributed by atoms with Gasteiger partial charge in [-0.05, 0) is 86.1 Å². The fourth-order valence-corrected chi connectivity index (χ4v) is 7.04. The van der Waals surface area contributed by atoms with Gasteiger partial charge in [-0.1, -0.05) is 74.1 Å². The standard InChI is InChI=1S/C39H49N3O4Si/c1-26-29(18-23-47(7,8)9)27(2)36(40-37(43)46-39(4,5)6)28(3)34(26)24-41-19-21-42(22-20-41)38(44)45-25-35-32-16-12-10-14-30(32)31-15-11-13-17-33(31)35/h10-17,35H,19-22,24-25H2,1-9H3,(H,40,43). The summed E-state index contributed by atoms with van der Waals surface area (Å²) in [6, 6.07) is 16.8. The largest absolute Gasteiger partial charge is 0.448 e. The number of anilines is 1. The molecule has 3 aromatic rings. The van der Waals surface area contributed by atoms with E-state index in [-0.39, 0.29) is 12.0 Å². The lowest BCUT2D eigenvalue weighted by Gasteiger charge is -2.35. The molecule has 1 aliphatic carbocycles. The predicted molar refractivity (Wildman–Crippen MR) is 193 cm³/mol. The Morgan fingerprint density at radius 3 is 2.00 bits per heavy atom.